The molecule has 0 aliphatic carbocycles. The fourth-order valence-electron chi connectivity index (χ4n) is 1.14. The third kappa shape index (κ3) is 5.25. The van der Waals surface area contributed by atoms with Crippen LogP contribution in [0.15, 0.2) is 35.2 Å². The number of amides is 1. The summed E-state index contributed by atoms with van der Waals surface area (Å²) in [7, 11) is 1.57. The first-order valence-electron chi connectivity index (χ1n) is 5.74. The molecule has 0 saturated carbocycles. The molecule has 5 nitrogen and oxygen atoms in total. The van der Waals surface area contributed by atoms with Gasteiger partial charge in [0.2, 0.25) is 0 Å². The maximum absolute atomic E-state index is 11.7. The highest BCUT2D eigenvalue weighted by Crippen LogP contribution is 2.08. The molecule has 0 bridgehead atoms. The van der Waals surface area contributed by atoms with E-state index in [2.05, 4.69) is 15.3 Å². The Labute approximate surface area is 108 Å². The Morgan fingerprint density at radius 3 is 2.61 bits per heavy atom. The molecule has 1 amide bonds. The fraction of sp³-hybridized carbons (Fsp3) is 0.308. The van der Waals surface area contributed by atoms with Gasteiger partial charge in [0.1, 0.15) is 0 Å². The molecule has 0 aliphatic heterocycles. The lowest BCUT2D eigenvalue weighted by molar-refractivity contribution is -0.112. The molecule has 0 fully saturated rings. The molecule has 0 radical (unpaired) electrons. The maximum atomic E-state index is 11.7. The monoisotopic (exact) mass is 248 g/mol. The summed E-state index contributed by atoms with van der Waals surface area (Å²) in [5, 5.41) is 2.68. The normalized spacial score (nSPS) is 10.8. The smallest absolute Gasteiger partial charge is 0.258 e. The maximum Gasteiger partial charge on any atom is 0.258 e. The van der Waals surface area contributed by atoms with Crippen LogP contribution < -0.4 is 11.1 Å². The van der Waals surface area contributed by atoms with Gasteiger partial charge in [0.15, 0.2) is 0 Å². The fourth-order valence-corrected chi connectivity index (χ4v) is 1.14. The molecule has 0 unspecified atom stereocenters. The number of carbonyl (C=O) groups is 1. The largest absolute Gasteiger partial charge is 0.404 e. The first-order chi connectivity index (χ1) is 8.67. The quantitative estimate of drug-likeness (QED) is 0.633. The molecule has 98 valence electrons. The van der Waals surface area contributed by atoms with Crippen LogP contribution in [0.25, 0.3) is 0 Å². The number of nitrogens with two attached hydrogens (primary N) is 1. The highest BCUT2D eigenvalue weighted by Gasteiger charge is 2.06. The summed E-state index contributed by atoms with van der Waals surface area (Å²) < 4.78 is 0. The number of nitrogens with zero attached hydrogens (tertiary/aromatic N) is 2. The van der Waals surface area contributed by atoms with Gasteiger partial charge >= 0.3 is 0 Å². The van der Waals surface area contributed by atoms with Gasteiger partial charge in [0.25, 0.3) is 5.91 Å². The third-order valence-corrected chi connectivity index (χ3v) is 1.84. The van der Waals surface area contributed by atoms with Crippen molar-refractivity contribution in [3.8, 4) is 0 Å². The predicted molar refractivity (Wildman–Crippen MR) is 75.6 cm³/mol. The van der Waals surface area contributed by atoms with E-state index >= 15 is 0 Å². The van der Waals surface area contributed by atoms with Crippen molar-refractivity contribution in [3.63, 3.8) is 0 Å². The Morgan fingerprint density at radius 1 is 1.44 bits per heavy atom. The summed E-state index contributed by atoms with van der Waals surface area (Å²) in [5.41, 5.74) is 7.23. The second kappa shape index (κ2) is 8.92. The van der Waals surface area contributed by atoms with Crippen LogP contribution in [-0.4, -0.2) is 24.2 Å². The van der Waals surface area contributed by atoms with E-state index in [1.54, 1.807) is 19.4 Å². The van der Waals surface area contributed by atoms with Gasteiger partial charge in [-0.05, 0) is 18.6 Å². The molecule has 0 aliphatic rings. The summed E-state index contributed by atoms with van der Waals surface area (Å²) in [6, 6.07) is 1.82. The van der Waals surface area contributed by atoms with Crippen LogP contribution in [0.1, 0.15) is 19.4 Å². The van der Waals surface area contributed by atoms with E-state index in [4.69, 9.17) is 5.73 Å². The molecule has 3 N–H and O–H groups in total. The molecular formula is C13H20N4O. The van der Waals surface area contributed by atoms with Crippen LogP contribution in [0.5, 0.6) is 0 Å². The number of nitrogens with one attached hydrogen (secondary N) is 1. The average molecular weight is 248 g/mol. The standard InChI is InChI=1S/C11H14N4O.C2H6/c1-8-3-10(7-14-5-8)15-11(16)9(4-12)6-13-2;1-2/h3-7H,12H2,1-2H3,(H,15,16);1-2H3/b9-4+,13-6?;. The molecule has 1 aromatic rings. The molecule has 18 heavy (non-hydrogen) atoms. The lowest BCUT2D eigenvalue weighted by atomic mass is 10.2. The summed E-state index contributed by atoms with van der Waals surface area (Å²) in [4.78, 5) is 19.4. The van der Waals surface area contributed by atoms with Gasteiger partial charge in [-0.25, -0.2) is 0 Å². The van der Waals surface area contributed by atoms with Crippen molar-refractivity contribution >= 4 is 17.8 Å². The van der Waals surface area contributed by atoms with E-state index in [0.29, 0.717) is 11.3 Å². The molecule has 1 aromatic heterocycles. The number of aryl methyl sites for hydroxylation is 1. The number of carbonyl (C=O) groups excluding carboxylic acids is 1. The topological polar surface area (TPSA) is 80.4 Å². The lowest BCUT2D eigenvalue weighted by Gasteiger charge is -2.05. The summed E-state index contributed by atoms with van der Waals surface area (Å²) >= 11 is 0. The number of pyridine rings is 1. The SMILES string of the molecule is CC.CN=C/C(=C\N)C(=O)Nc1cncc(C)c1. The van der Waals surface area contributed by atoms with Crippen molar-refractivity contribution in [1.82, 2.24) is 4.98 Å². The molecular weight excluding hydrogens is 228 g/mol. The van der Waals surface area contributed by atoms with E-state index in [1.807, 2.05) is 26.8 Å². The average Bonchev–Trinajstić information content (AvgIpc) is 2.38. The third-order valence-electron chi connectivity index (χ3n) is 1.84. The van der Waals surface area contributed by atoms with Crippen LogP contribution in [0.2, 0.25) is 0 Å². The zero-order valence-electron chi connectivity index (χ0n) is 11.3. The first kappa shape index (κ1) is 15.8. The van der Waals surface area contributed by atoms with E-state index in [1.165, 1.54) is 12.4 Å². The summed E-state index contributed by atoms with van der Waals surface area (Å²) in [6.45, 7) is 5.90. The first-order valence-corrected chi connectivity index (χ1v) is 5.74. The van der Waals surface area contributed by atoms with Crippen molar-refractivity contribution in [2.75, 3.05) is 12.4 Å². The predicted octanol–water partition coefficient (Wildman–Crippen LogP) is 1.90. The summed E-state index contributed by atoms with van der Waals surface area (Å²) in [5.74, 6) is -0.305. The van der Waals surface area contributed by atoms with Crippen molar-refractivity contribution in [1.29, 1.82) is 0 Å². The van der Waals surface area contributed by atoms with Crippen molar-refractivity contribution in [2.24, 2.45) is 10.7 Å². The van der Waals surface area contributed by atoms with E-state index in [9.17, 15) is 4.79 Å². The van der Waals surface area contributed by atoms with Gasteiger partial charge in [-0.15, -0.1) is 0 Å². The van der Waals surface area contributed by atoms with Crippen LogP contribution in [0.3, 0.4) is 0 Å². The Kier molecular flexibility index (Phi) is 7.85. The Morgan fingerprint density at radius 2 is 2.11 bits per heavy atom. The Bertz CT molecular complexity index is 438. The second-order valence-corrected chi connectivity index (χ2v) is 3.21. The van der Waals surface area contributed by atoms with Crippen molar-refractivity contribution < 1.29 is 4.79 Å². The molecule has 1 rings (SSSR count). The van der Waals surface area contributed by atoms with Crippen LogP contribution >= 0.6 is 0 Å². The van der Waals surface area contributed by atoms with Gasteiger partial charge in [0.05, 0.1) is 17.5 Å². The number of aromatic nitrogens is 1. The number of aliphatic imine (C=N–C) groups is 1. The number of anilines is 1. The number of hydrogen-bond acceptors (Lipinski definition) is 4. The van der Waals surface area contributed by atoms with E-state index in [-0.39, 0.29) is 5.91 Å². The van der Waals surface area contributed by atoms with Gasteiger partial charge in [-0.3, -0.25) is 14.8 Å². The highest BCUT2D eigenvalue weighted by molar-refractivity contribution is 6.17. The van der Waals surface area contributed by atoms with Crippen LogP contribution in [-0.2, 0) is 4.79 Å². The minimum absolute atomic E-state index is 0.305. The van der Waals surface area contributed by atoms with Gasteiger partial charge in [0, 0.05) is 25.7 Å². The van der Waals surface area contributed by atoms with E-state index < -0.39 is 0 Å². The molecule has 0 aromatic carbocycles. The van der Waals surface area contributed by atoms with Crippen LogP contribution in [0, 0.1) is 6.92 Å². The highest BCUT2D eigenvalue weighted by atomic mass is 16.1. The lowest BCUT2D eigenvalue weighted by Crippen LogP contribution is -2.16. The second-order valence-electron chi connectivity index (χ2n) is 3.21. The van der Waals surface area contributed by atoms with Gasteiger partial charge < -0.3 is 11.1 Å². The zero-order valence-corrected chi connectivity index (χ0v) is 11.3. The summed E-state index contributed by atoms with van der Waals surface area (Å²) in [6.07, 6.45) is 5.90. The van der Waals surface area contributed by atoms with Crippen LogP contribution in [0.4, 0.5) is 5.69 Å². The van der Waals surface area contributed by atoms with Crippen molar-refractivity contribution in [3.05, 3.63) is 35.8 Å². The van der Waals surface area contributed by atoms with Gasteiger partial charge in [-0.2, -0.15) is 0 Å². The number of hydrogen-bond donors (Lipinski definition) is 2. The molecule has 0 atom stereocenters. The Hall–Kier alpha value is -2.17. The Balaban J connectivity index is 0.00000137. The minimum atomic E-state index is -0.305. The minimum Gasteiger partial charge on any atom is -0.404 e. The molecule has 0 spiro atoms. The van der Waals surface area contributed by atoms with Gasteiger partial charge in [-0.1, -0.05) is 13.8 Å². The number of rotatable bonds is 3. The molecule has 1 heterocycles. The zero-order chi connectivity index (χ0) is 14.0. The van der Waals surface area contributed by atoms with E-state index in [0.717, 1.165) is 5.56 Å². The van der Waals surface area contributed by atoms with Crippen molar-refractivity contribution in [2.45, 2.75) is 20.8 Å². The molecule has 0 saturated heterocycles. The molecule has 5 heteroatoms.